The van der Waals surface area contributed by atoms with Gasteiger partial charge in [0.25, 0.3) is 0 Å². The Labute approximate surface area is 425 Å². The lowest BCUT2D eigenvalue weighted by Gasteiger charge is -2.18. The van der Waals surface area contributed by atoms with Gasteiger partial charge in [0.1, 0.15) is 13.2 Å². The lowest BCUT2D eigenvalue weighted by molar-refractivity contribution is -0.166. The van der Waals surface area contributed by atoms with Crippen molar-refractivity contribution in [1.29, 1.82) is 0 Å². The fourth-order valence-electron chi connectivity index (χ4n) is 7.60. The minimum absolute atomic E-state index is 0.106. The monoisotopic (exact) mass is 957 g/mol. The predicted octanol–water partition coefficient (Wildman–Crippen LogP) is 19.1. The van der Waals surface area contributed by atoms with Gasteiger partial charge in [-0.1, -0.05) is 252 Å². The first-order chi connectivity index (χ1) is 34.0. The molecule has 6 heteroatoms. The zero-order chi connectivity index (χ0) is 50.0. The van der Waals surface area contributed by atoms with E-state index in [4.69, 9.17) is 14.2 Å². The van der Waals surface area contributed by atoms with Gasteiger partial charge >= 0.3 is 17.9 Å². The summed E-state index contributed by atoms with van der Waals surface area (Å²) in [7, 11) is 0. The summed E-state index contributed by atoms with van der Waals surface area (Å²) in [4.78, 5) is 38.1. The van der Waals surface area contributed by atoms with E-state index in [1.165, 1.54) is 96.3 Å². The number of hydrogen-bond acceptors (Lipinski definition) is 6. The van der Waals surface area contributed by atoms with E-state index in [0.717, 1.165) is 109 Å². The molecule has 0 N–H and O–H groups in total. The van der Waals surface area contributed by atoms with Crippen molar-refractivity contribution >= 4 is 17.9 Å². The summed E-state index contributed by atoms with van der Waals surface area (Å²) in [5.74, 6) is -1.01. The molecular weight excluding hydrogens is 853 g/mol. The molecule has 6 nitrogen and oxygen atoms in total. The standard InChI is InChI=1S/C63H104O6/c1-4-7-10-13-16-19-22-25-28-31-32-33-36-38-41-44-47-50-53-56-62(65)68-59-60(69-63(66)57-54-51-48-45-42-39-35-30-27-24-21-18-15-12-9-6-3)58-67-61(64)55-52-49-46-43-40-37-34-29-26-23-20-17-14-11-8-5-2/h7,9-10,12,16,18-19,21,25,27-28,30,32-33,38,41,47,50,60H,4-6,8,11,13-15,17,20,22-24,26,29,31,34-37,39-40,42-46,48-49,51-59H2,1-3H3/b10-7-,12-9-,19-16-,21-18-,28-25-,30-27-,33-32-,41-38-,50-47-. The molecule has 0 spiro atoms. The average molecular weight is 958 g/mol. The van der Waals surface area contributed by atoms with Gasteiger partial charge in [0, 0.05) is 19.3 Å². The summed E-state index contributed by atoms with van der Waals surface area (Å²) in [6.07, 6.45) is 76.6. The van der Waals surface area contributed by atoms with Gasteiger partial charge in [0.2, 0.25) is 0 Å². The fourth-order valence-corrected chi connectivity index (χ4v) is 7.60. The molecule has 1 unspecified atom stereocenters. The number of ether oxygens (including phenoxy) is 3. The van der Waals surface area contributed by atoms with E-state index < -0.39 is 6.10 Å². The summed E-state index contributed by atoms with van der Waals surface area (Å²) in [6.45, 7) is 6.35. The maximum atomic E-state index is 12.8. The van der Waals surface area contributed by atoms with Crippen LogP contribution in [0.3, 0.4) is 0 Å². The molecule has 0 fully saturated rings. The van der Waals surface area contributed by atoms with Gasteiger partial charge in [0.15, 0.2) is 6.10 Å². The summed E-state index contributed by atoms with van der Waals surface area (Å²) < 4.78 is 16.8. The van der Waals surface area contributed by atoms with E-state index in [-0.39, 0.29) is 37.5 Å². The van der Waals surface area contributed by atoms with Gasteiger partial charge in [0.05, 0.1) is 0 Å². The molecule has 0 aliphatic heterocycles. The fraction of sp³-hybridized carbons (Fsp3) is 0.667. The first kappa shape index (κ1) is 65.1. The molecule has 69 heavy (non-hydrogen) atoms. The van der Waals surface area contributed by atoms with Gasteiger partial charge < -0.3 is 14.2 Å². The molecular formula is C63H104O6. The van der Waals surface area contributed by atoms with Crippen LogP contribution in [0.5, 0.6) is 0 Å². The number of hydrogen-bond donors (Lipinski definition) is 0. The molecule has 0 radical (unpaired) electrons. The van der Waals surface area contributed by atoms with Crippen LogP contribution in [0.1, 0.15) is 252 Å². The van der Waals surface area contributed by atoms with Crippen molar-refractivity contribution in [2.75, 3.05) is 13.2 Å². The number of allylic oxidation sites excluding steroid dienone is 18. The molecule has 0 aliphatic rings. The van der Waals surface area contributed by atoms with E-state index in [2.05, 4.69) is 124 Å². The molecule has 392 valence electrons. The zero-order valence-corrected chi connectivity index (χ0v) is 44.8. The summed E-state index contributed by atoms with van der Waals surface area (Å²) >= 11 is 0. The normalized spacial score (nSPS) is 12.9. The number of unbranched alkanes of at least 4 members (excludes halogenated alkanes) is 21. The smallest absolute Gasteiger partial charge is 0.306 e. The highest BCUT2D eigenvalue weighted by Crippen LogP contribution is 2.15. The van der Waals surface area contributed by atoms with Crippen LogP contribution in [0.15, 0.2) is 109 Å². The van der Waals surface area contributed by atoms with Gasteiger partial charge in [-0.05, 0) is 89.9 Å². The zero-order valence-electron chi connectivity index (χ0n) is 44.8. The molecule has 0 saturated carbocycles. The maximum absolute atomic E-state index is 12.8. The van der Waals surface area contributed by atoms with Crippen LogP contribution in [-0.2, 0) is 28.6 Å². The topological polar surface area (TPSA) is 78.9 Å². The second-order valence-corrected chi connectivity index (χ2v) is 18.4. The average Bonchev–Trinajstić information content (AvgIpc) is 3.35. The Kier molecular flexibility index (Phi) is 53.4. The molecule has 0 aromatic carbocycles. The van der Waals surface area contributed by atoms with Gasteiger partial charge in [-0.2, -0.15) is 0 Å². The molecule has 0 saturated heterocycles. The van der Waals surface area contributed by atoms with Crippen LogP contribution < -0.4 is 0 Å². The highest BCUT2D eigenvalue weighted by Gasteiger charge is 2.19. The molecule has 0 heterocycles. The highest BCUT2D eigenvalue weighted by molar-refractivity contribution is 5.71. The number of esters is 3. The minimum Gasteiger partial charge on any atom is -0.462 e. The van der Waals surface area contributed by atoms with E-state index in [1.807, 2.05) is 6.08 Å². The molecule has 0 rings (SSSR count). The van der Waals surface area contributed by atoms with E-state index in [0.29, 0.717) is 19.3 Å². The molecule has 0 aromatic rings. The first-order valence-electron chi connectivity index (χ1n) is 28.4. The Hall–Kier alpha value is -3.93. The lowest BCUT2D eigenvalue weighted by Crippen LogP contribution is -2.30. The number of rotatable bonds is 50. The predicted molar refractivity (Wildman–Crippen MR) is 297 cm³/mol. The Balaban J connectivity index is 4.52. The molecule has 1 atom stereocenters. The van der Waals surface area contributed by atoms with Crippen molar-refractivity contribution < 1.29 is 28.6 Å². The van der Waals surface area contributed by atoms with E-state index >= 15 is 0 Å². The Bertz CT molecular complexity index is 1420. The van der Waals surface area contributed by atoms with Crippen molar-refractivity contribution in [1.82, 2.24) is 0 Å². The molecule has 0 aromatic heterocycles. The van der Waals surface area contributed by atoms with Crippen molar-refractivity contribution in [2.45, 2.75) is 258 Å². The molecule has 0 aliphatic carbocycles. The van der Waals surface area contributed by atoms with Crippen LogP contribution in [0.2, 0.25) is 0 Å². The van der Waals surface area contributed by atoms with Crippen molar-refractivity contribution in [2.24, 2.45) is 0 Å². The largest absolute Gasteiger partial charge is 0.462 e. The second kappa shape index (κ2) is 56.7. The van der Waals surface area contributed by atoms with Crippen LogP contribution in [0.25, 0.3) is 0 Å². The molecule has 0 bridgehead atoms. The van der Waals surface area contributed by atoms with Gasteiger partial charge in [-0.25, -0.2) is 0 Å². The van der Waals surface area contributed by atoms with E-state index in [9.17, 15) is 14.4 Å². The van der Waals surface area contributed by atoms with Crippen molar-refractivity contribution in [3.05, 3.63) is 109 Å². The Morgan fingerprint density at radius 1 is 0.304 bits per heavy atom. The minimum atomic E-state index is -0.816. The Morgan fingerprint density at radius 2 is 0.594 bits per heavy atom. The third-order valence-electron chi connectivity index (χ3n) is 11.8. The summed E-state index contributed by atoms with van der Waals surface area (Å²) in [5, 5.41) is 0. The van der Waals surface area contributed by atoms with Crippen molar-refractivity contribution in [3.63, 3.8) is 0 Å². The Morgan fingerprint density at radius 3 is 0.971 bits per heavy atom. The third-order valence-corrected chi connectivity index (χ3v) is 11.8. The second-order valence-electron chi connectivity index (χ2n) is 18.4. The van der Waals surface area contributed by atoms with Crippen LogP contribution >= 0.6 is 0 Å². The van der Waals surface area contributed by atoms with Crippen LogP contribution in [0, 0.1) is 0 Å². The molecule has 0 amide bonds. The SMILES string of the molecule is CC/C=C\C/C=C\C/C=C\C/C=C\C/C=C\C/C=C\CCC(=O)OCC(COC(=O)CCCCCCCCCCCCCCCCCC)OC(=O)CCCCCCCC/C=C\C/C=C\C/C=C\CC. The number of carbonyl (C=O) groups is 3. The highest BCUT2D eigenvalue weighted by atomic mass is 16.6. The quantitative estimate of drug-likeness (QED) is 0.0262. The number of carbonyl (C=O) groups excluding carboxylic acids is 3. The summed E-state index contributed by atoms with van der Waals surface area (Å²) in [6, 6.07) is 0. The van der Waals surface area contributed by atoms with Crippen molar-refractivity contribution in [3.8, 4) is 0 Å². The summed E-state index contributed by atoms with van der Waals surface area (Å²) in [5.41, 5.74) is 0. The lowest BCUT2D eigenvalue weighted by atomic mass is 10.0. The van der Waals surface area contributed by atoms with Gasteiger partial charge in [-0.3, -0.25) is 14.4 Å². The van der Waals surface area contributed by atoms with Gasteiger partial charge in [-0.15, -0.1) is 0 Å². The van der Waals surface area contributed by atoms with Crippen LogP contribution in [-0.4, -0.2) is 37.2 Å². The van der Waals surface area contributed by atoms with E-state index in [1.54, 1.807) is 0 Å². The van der Waals surface area contributed by atoms with Crippen LogP contribution in [0.4, 0.5) is 0 Å². The third kappa shape index (κ3) is 54.9. The maximum Gasteiger partial charge on any atom is 0.306 e. The first-order valence-corrected chi connectivity index (χ1v) is 28.4.